The average molecular weight is 325 g/mol. The first kappa shape index (κ1) is 15.4. The Labute approximate surface area is 141 Å². The van der Waals surface area contributed by atoms with E-state index in [1.54, 1.807) is 0 Å². The molecule has 1 fully saturated rings. The number of furan rings is 1. The minimum absolute atomic E-state index is 0.132. The molecule has 24 heavy (non-hydrogen) atoms. The summed E-state index contributed by atoms with van der Waals surface area (Å²) in [6.45, 7) is 4.59. The summed E-state index contributed by atoms with van der Waals surface area (Å²) in [4.78, 5) is 0. The number of nitrogens with one attached hydrogen (secondary N) is 1. The first-order valence-electron chi connectivity index (χ1n) is 8.51. The summed E-state index contributed by atoms with van der Waals surface area (Å²) >= 11 is 0. The predicted octanol–water partition coefficient (Wildman–Crippen LogP) is 3.34. The third-order valence-electron chi connectivity index (χ3n) is 4.97. The highest BCUT2D eigenvalue weighted by Crippen LogP contribution is 2.34. The summed E-state index contributed by atoms with van der Waals surface area (Å²) in [5, 5.41) is 9.07. The van der Waals surface area contributed by atoms with Crippen LogP contribution in [0.4, 0.5) is 0 Å². The van der Waals surface area contributed by atoms with Gasteiger partial charge in [0.05, 0.1) is 5.69 Å². The quantitative estimate of drug-likeness (QED) is 0.782. The highest BCUT2D eigenvalue weighted by molar-refractivity contribution is 5.82. The molecule has 1 aliphatic rings. The standard InChI is InChI=1S/C19H23N3O2/c1-13-16(15-5-3-4-6-18(15)24-13)12-20-11-14-8-10-23-19(14)17-7-9-21-22(17)2/h3-7,9,14,19-20H,8,10-12H2,1-2H3/t14-,19+/m0/s1. The van der Waals surface area contributed by atoms with E-state index in [1.165, 1.54) is 10.9 Å². The van der Waals surface area contributed by atoms with E-state index in [9.17, 15) is 0 Å². The van der Waals surface area contributed by atoms with Crippen LogP contribution in [-0.4, -0.2) is 22.9 Å². The van der Waals surface area contributed by atoms with Crippen molar-refractivity contribution in [2.24, 2.45) is 13.0 Å². The van der Waals surface area contributed by atoms with E-state index in [0.717, 1.165) is 43.2 Å². The van der Waals surface area contributed by atoms with E-state index < -0.39 is 0 Å². The molecule has 1 aromatic carbocycles. The SMILES string of the molecule is Cc1oc2ccccc2c1CNC[C@@H]1CCO[C@H]1c1ccnn1C. The lowest BCUT2D eigenvalue weighted by Gasteiger charge is -2.19. The second-order valence-corrected chi connectivity index (χ2v) is 6.48. The van der Waals surface area contributed by atoms with Gasteiger partial charge in [-0.15, -0.1) is 0 Å². The summed E-state index contributed by atoms with van der Waals surface area (Å²) in [5.74, 6) is 1.47. The fraction of sp³-hybridized carbons (Fsp3) is 0.421. The second-order valence-electron chi connectivity index (χ2n) is 6.48. The number of para-hydroxylation sites is 1. The lowest BCUT2D eigenvalue weighted by Crippen LogP contribution is -2.25. The molecular weight excluding hydrogens is 302 g/mol. The molecule has 0 bridgehead atoms. The minimum Gasteiger partial charge on any atom is -0.461 e. The molecule has 2 atom stereocenters. The number of benzene rings is 1. The van der Waals surface area contributed by atoms with Gasteiger partial charge in [0.2, 0.25) is 0 Å². The third-order valence-corrected chi connectivity index (χ3v) is 4.97. The zero-order valence-corrected chi connectivity index (χ0v) is 14.2. The van der Waals surface area contributed by atoms with Crippen molar-refractivity contribution < 1.29 is 9.15 Å². The predicted molar refractivity (Wildman–Crippen MR) is 92.7 cm³/mol. The van der Waals surface area contributed by atoms with Crippen molar-refractivity contribution in [1.29, 1.82) is 0 Å². The number of aryl methyl sites for hydroxylation is 2. The third kappa shape index (κ3) is 2.74. The molecular formula is C19H23N3O2. The van der Waals surface area contributed by atoms with E-state index in [2.05, 4.69) is 28.6 Å². The van der Waals surface area contributed by atoms with Crippen molar-refractivity contribution in [2.45, 2.75) is 26.0 Å². The molecule has 1 aliphatic heterocycles. The number of aromatic nitrogens is 2. The second kappa shape index (κ2) is 6.42. The fourth-order valence-electron chi connectivity index (χ4n) is 3.66. The van der Waals surface area contributed by atoms with Gasteiger partial charge in [-0.2, -0.15) is 5.10 Å². The van der Waals surface area contributed by atoms with Gasteiger partial charge in [0.25, 0.3) is 0 Å². The maximum atomic E-state index is 5.95. The van der Waals surface area contributed by atoms with E-state index in [-0.39, 0.29) is 6.10 Å². The molecule has 3 heterocycles. The molecule has 0 spiro atoms. The van der Waals surface area contributed by atoms with Gasteiger partial charge < -0.3 is 14.5 Å². The molecule has 2 aromatic heterocycles. The van der Waals surface area contributed by atoms with Crippen LogP contribution >= 0.6 is 0 Å². The summed E-state index contributed by atoms with van der Waals surface area (Å²) in [6.07, 6.45) is 3.04. The van der Waals surface area contributed by atoms with E-state index in [0.29, 0.717) is 5.92 Å². The molecule has 0 unspecified atom stereocenters. The number of hydrogen-bond donors (Lipinski definition) is 1. The van der Waals surface area contributed by atoms with Crippen molar-refractivity contribution in [1.82, 2.24) is 15.1 Å². The number of nitrogens with zero attached hydrogens (tertiary/aromatic N) is 2. The van der Waals surface area contributed by atoms with Gasteiger partial charge in [-0.05, 0) is 25.5 Å². The number of rotatable bonds is 5. The lowest BCUT2D eigenvalue weighted by atomic mass is 9.98. The van der Waals surface area contributed by atoms with Gasteiger partial charge in [0.1, 0.15) is 17.4 Å². The largest absolute Gasteiger partial charge is 0.461 e. The smallest absolute Gasteiger partial charge is 0.134 e. The van der Waals surface area contributed by atoms with Crippen molar-refractivity contribution in [3.63, 3.8) is 0 Å². The average Bonchev–Trinajstić information content (AvgIpc) is 3.27. The fourth-order valence-corrected chi connectivity index (χ4v) is 3.66. The summed E-state index contributed by atoms with van der Waals surface area (Å²) in [5.41, 5.74) is 3.37. The highest BCUT2D eigenvalue weighted by Gasteiger charge is 2.31. The van der Waals surface area contributed by atoms with Crippen LogP contribution in [0, 0.1) is 12.8 Å². The number of ether oxygens (including phenoxy) is 1. The van der Waals surface area contributed by atoms with Crippen molar-refractivity contribution in [2.75, 3.05) is 13.2 Å². The lowest BCUT2D eigenvalue weighted by molar-refractivity contribution is 0.0838. The topological polar surface area (TPSA) is 52.2 Å². The Bertz CT molecular complexity index is 836. The zero-order valence-electron chi connectivity index (χ0n) is 14.2. The molecule has 1 N–H and O–H groups in total. The summed E-state index contributed by atoms with van der Waals surface area (Å²) in [7, 11) is 1.97. The Morgan fingerprint density at radius 2 is 2.17 bits per heavy atom. The summed E-state index contributed by atoms with van der Waals surface area (Å²) < 4.78 is 13.7. The molecule has 0 amide bonds. The van der Waals surface area contributed by atoms with Gasteiger partial charge in [-0.1, -0.05) is 18.2 Å². The van der Waals surface area contributed by atoms with Crippen LogP contribution in [-0.2, 0) is 18.3 Å². The first-order chi connectivity index (χ1) is 11.7. The number of fused-ring (bicyclic) bond motifs is 1. The van der Waals surface area contributed by atoms with Crippen molar-refractivity contribution >= 4 is 11.0 Å². The highest BCUT2D eigenvalue weighted by atomic mass is 16.5. The zero-order chi connectivity index (χ0) is 16.5. The summed E-state index contributed by atoms with van der Waals surface area (Å²) in [6, 6.07) is 10.3. The minimum atomic E-state index is 0.132. The maximum absolute atomic E-state index is 5.95. The van der Waals surface area contributed by atoms with Crippen LogP contribution in [0.25, 0.3) is 11.0 Å². The molecule has 1 saturated heterocycles. The molecule has 3 aromatic rings. The van der Waals surface area contributed by atoms with Gasteiger partial charge >= 0.3 is 0 Å². The van der Waals surface area contributed by atoms with Gasteiger partial charge in [0.15, 0.2) is 0 Å². The first-order valence-corrected chi connectivity index (χ1v) is 8.51. The Kier molecular flexibility index (Phi) is 4.12. The Balaban J connectivity index is 1.43. The van der Waals surface area contributed by atoms with Crippen LogP contribution in [0.2, 0.25) is 0 Å². The van der Waals surface area contributed by atoms with Crippen LogP contribution in [0.3, 0.4) is 0 Å². The normalized spacial score (nSPS) is 20.9. The van der Waals surface area contributed by atoms with Gasteiger partial charge in [-0.25, -0.2) is 0 Å². The van der Waals surface area contributed by atoms with Gasteiger partial charge in [0, 0.05) is 49.8 Å². The Morgan fingerprint density at radius 3 is 3.00 bits per heavy atom. The molecule has 0 aliphatic carbocycles. The Hall–Kier alpha value is -2.11. The van der Waals surface area contributed by atoms with E-state index in [1.807, 2.05) is 37.0 Å². The Morgan fingerprint density at radius 1 is 1.29 bits per heavy atom. The maximum Gasteiger partial charge on any atom is 0.134 e. The van der Waals surface area contributed by atoms with Crippen LogP contribution in [0.1, 0.15) is 29.5 Å². The van der Waals surface area contributed by atoms with Crippen LogP contribution < -0.4 is 5.32 Å². The molecule has 5 nitrogen and oxygen atoms in total. The van der Waals surface area contributed by atoms with Crippen molar-refractivity contribution in [3.05, 3.63) is 53.5 Å². The van der Waals surface area contributed by atoms with Crippen LogP contribution in [0.15, 0.2) is 40.9 Å². The van der Waals surface area contributed by atoms with Crippen molar-refractivity contribution in [3.8, 4) is 0 Å². The molecule has 5 heteroatoms. The van der Waals surface area contributed by atoms with Crippen LogP contribution in [0.5, 0.6) is 0 Å². The molecule has 126 valence electrons. The number of hydrogen-bond acceptors (Lipinski definition) is 4. The molecule has 0 saturated carbocycles. The molecule has 4 rings (SSSR count). The van der Waals surface area contributed by atoms with Gasteiger partial charge in [-0.3, -0.25) is 4.68 Å². The van der Waals surface area contributed by atoms with E-state index >= 15 is 0 Å². The molecule has 0 radical (unpaired) electrons. The monoisotopic (exact) mass is 325 g/mol. The van der Waals surface area contributed by atoms with E-state index in [4.69, 9.17) is 9.15 Å².